The molecule has 1 heterocycles. The average molecular weight is 414 g/mol. The zero-order valence-corrected chi connectivity index (χ0v) is 18.5. The monoisotopic (exact) mass is 413 g/mol. The van der Waals surface area contributed by atoms with Gasteiger partial charge in [0.1, 0.15) is 0 Å². The quantitative estimate of drug-likeness (QED) is 0.407. The Kier molecular flexibility index (Phi) is 8.40. The summed E-state index contributed by atoms with van der Waals surface area (Å²) in [6.45, 7) is 8.44. The zero-order valence-electron chi connectivity index (χ0n) is 16.0. The van der Waals surface area contributed by atoms with Gasteiger partial charge in [0.2, 0.25) is 0 Å². The molecule has 0 unspecified atom stereocenters. The molecular weight excluding hydrogens is 386 g/mol. The highest BCUT2D eigenvalue weighted by molar-refractivity contribution is 8.01. The normalized spacial score (nSPS) is 11.3. The third kappa shape index (κ3) is 6.26. The van der Waals surface area contributed by atoms with E-state index in [4.69, 9.17) is 21.7 Å². The van der Waals surface area contributed by atoms with Crippen LogP contribution in [-0.4, -0.2) is 41.2 Å². The minimum atomic E-state index is 0.620. The van der Waals surface area contributed by atoms with Crippen LogP contribution in [0.15, 0.2) is 22.5 Å². The van der Waals surface area contributed by atoms with Gasteiger partial charge >= 0.3 is 0 Å². The number of hydrogen-bond donors (Lipinski definition) is 0. The fourth-order valence-corrected chi connectivity index (χ4v) is 4.64. The second-order valence-corrected chi connectivity index (χ2v) is 9.30. The van der Waals surface area contributed by atoms with E-state index in [9.17, 15) is 0 Å². The number of methoxy groups -OCH3 is 1. The van der Waals surface area contributed by atoms with E-state index in [0.717, 1.165) is 37.7 Å². The predicted molar refractivity (Wildman–Crippen MR) is 112 cm³/mol. The van der Waals surface area contributed by atoms with Gasteiger partial charge in [-0.1, -0.05) is 43.0 Å². The summed E-state index contributed by atoms with van der Waals surface area (Å²) in [5.74, 6) is 3.23. The number of nitrogens with zero attached hydrogens (tertiary/aromatic N) is 3. The summed E-state index contributed by atoms with van der Waals surface area (Å²) in [4.78, 5) is 2.18. The molecule has 144 valence electrons. The van der Waals surface area contributed by atoms with Crippen molar-refractivity contribution in [3.8, 4) is 11.5 Å². The van der Waals surface area contributed by atoms with E-state index in [2.05, 4.69) is 37.0 Å². The molecule has 0 bridgehead atoms. The van der Waals surface area contributed by atoms with Crippen molar-refractivity contribution in [2.75, 3.05) is 26.5 Å². The van der Waals surface area contributed by atoms with Crippen LogP contribution in [0.4, 0.5) is 0 Å². The first-order valence-corrected chi connectivity index (χ1v) is 10.8. The highest BCUT2D eigenvalue weighted by atomic mass is 32.2. The maximum absolute atomic E-state index is 5.57. The number of thioether (sulfide) groups is 1. The molecule has 0 fully saturated rings. The summed E-state index contributed by atoms with van der Waals surface area (Å²) in [6, 6.07) is 6.04. The smallest absolute Gasteiger partial charge is 0.181 e. The molecule has 0 saturated heterocycles. The van der Waals surface area contributed by atoms with Gasteiger partial charge in [0.05, 0.1) is 20.4 Å². The molecule has 0 amide bonds. The molecule has 2 rings (SSSR count). The number of rotatable bonds is 10. The lowest BCUT2D eigenvalue weighted by Crippen LogP contribution is -2.22. The van der Waals surface area contributed by atoms with Crippen LogP contribution in [0.1, 0.15) is 26.3 Å². The van der Waals surface area contributed by atoms with Crippen LogP contribution in [-0.2, 0) is 13.2 Å². The Hall–Kier alpha value is -1.09. The highest BCUT2D eigenvalue weighted by Crippen LogP contribution is 2.28. The summed E-state index contributed by atoms with van der Waals surface area (Å²) in [7, 11) is 3.72. The minimum Gasteiger partial charge on any atom is -0.493 e. The van der Waals surface area contributed by atoms with Gasteiger partial charge in [0.15, 0.2) is 19.8 Å². The van der Waals surface area contributed by atoms with Crippen molar-refractivity contribution >= 4 is 35.3 Å². The Labute approximate surface area is 169 Å². The Morgan fingerprint density at radius 1 is 1.35 bits per heavy atom. The third-order valence-electron chi connectivity index (χ3n) is 3.48. The topological polar surface area (TPSA) is 39.5 Å². The van der Waals surface area contributed by atoms with Crippen LogP contribution in [0.3, 0.4) is 0 Å². The average Bonchev–Trinajstić information content (AvgIpc) is 2.94. The second-order valence-electron chi connectivity index (χ2n) is 6.41. The van der Waals surface area contributed by atoms with E-state index >= 15 is 0 Å². The van der Waals surface area contributed by atoms with Gasteiger partial charge in [0.25, 0.3) is 0 Å². The lowest BCUT2D eigenvalue weighted by Gasteiger charge is -2.18. The van der Waals surface area contributed by atoms with Crippen LogP contribution in [0.25, 0.3) is 0 Å². The van der Waals surface area contributed by atoms with Gasteiger partial charge in [-0.15, -0.1) is 0 Å². The maximum atomic E-state index is 5.57. The van der Waals surface area contributed by atoms with Crippen LogP contribution in [0.2, 0.25) is 0 Å². The summed E-state index contributed by atoms with van der Waals surface area (Å²) in [6.07, 6.45) is 0. The Morgan fingerprint density at radius 3 is 2.77 bits per heavy atom. The van der Waals surface area contributed by atoms with E-state index in [0.29, 0.717) is 19.2 Å². The van der Waals surface area contributed by atoms with Crippen molar-refractivity contribution in [2.24, 2.45) is 5.92 Å². The minimum absolute atomic E-state index is 0.620. The molecule has 1 aromatic heterocycles. The lowest BCUT2D eigenvalue weighted by atomic mass is 10.2. The zero-order chi connectivity index (χ0) is 19.1. The molecule has 0 spiro atoms. The van der Waals surface area contributed by atoms with Crippen molar-refractivity contribution in [2.45, 2.75) is 38.3 Å². The van der Waals surface area contributed by atoms with Crippen molar-refractivity contribution in [3.05, 3.63) is 27.7 Å². The molecule has 0 radical (unpaired) electrons. The van der Waals surface area contributed by atoms with E-state index in [1.54, 1.807) is 30.2 Å². The lowest BCUT2D eigenvalue weighted by molar-refractivity contribution is 0.243. The number of benzene rings is 1. The van der Waals surface area contributed by atoms with E-state index in [1.807, 2.05) is 23.7 Å². The van der Waals surface area contributed by atoms with Crippen molar-refractivity contribution in [3.63, 3.8) is 0 Å². The standard InChI is InChI=1S/C18H27N3O2S3/c1-6-23-15-8-7-14(9-16(15)22-5)10-20(4)12-21-18(24)26-17(19-21)25-11-13(2)3/h7-9,13H,6,10-12H2,1-5H3. The van der Waals surface area contributed by atoms with Gasteiger partial charge in [-0.2, -0.15) is 5.10 Å². The molecular formula is C18H27N3O2S3. The van der Waals surface area contributed by atoms with E-state index < -0.39 is 0 Å². The van der Waals surface area contributed by atoms with Crippen molar-refractivity contribution < 1.29 is 9.47 Å². The Bertz CT molecular complexity index is 758. The number of ether oxygens (including phenoxy) is 2. The molecule has 0 atom stereocenters. The number of hydrogen-bond acceptors (Lipinski definition) is 7. The van der Waals surface area contributed by atoms with E-state index in [1.165, 1.54) is 0 Å². The van der Waals surface area contributed by atoms with Gasteiger partial charge in [-0.05, 0) is 49.8 Å². The summed E-state index contributed by atoms with van der Waals surface area (Å²) >= 11 is 8.83. The fraction of sp³-hybridized carbons (Fsp3) is 0.556. The van der Waals surface area contributed by atoms with Crippen LogP contribution in [0.5, 0.6) is 11.5 Å². The van der Waals surface area contributed by atoms with Crippen molar-refractivity contribution in [1.29, 1.82) is 0 Å². The van der Waals surface area contributed by atoms with Gasteiger partial charge < -0.3 is 9.47 Å². The SMILES string of the molecule is CCOc1ccc(CN(C)Cn2nc(SCC(C)C)sc2=S)cc1OC. The van der Waals surface area contributed by atoms with Crippen LogP contribution < -0.4 is 9.47 Å². The molecule has 26 heavy (non-hydrogen) atoms. The van der Waals surface area contributed by atoms with Gasteiger partial charge in [-0.3, -0.25) is 4.90 Å². The predicted octanol–water partition coefficient (Wildman–Crippen LogP) is 4.92. The Balaban J connectivity index is 2.00. The maximum Gasteiger partial charge on any atom is 0.181 e. The van der Waals surface area contributed by atoms with Gasteiger partial charge in [-0.25, -0.2) is 4.68 Å². The van der Waals surface area contributed by atoms with Crippen LogP contribution >= 0.6 is 35.3 Å². The summed E-state index contributed by atoms with van der Waals surface area (Å²) in [5, 5.41) is 4.64. The molecule has 8 heteroatoms. The molecule has 0 N–H and O–H groups in total. The third-order valence-corrected chi connectivity index (χ3v) is 6.35. The molecule has 0 aliphatic heterocycles. The molecule has 0 aliphatic rings. The molecule has 0 saturated carbocycles. The van der Waals surface area contributed by atoms with Crippen molar-refractivity contribution in [1.82, 2.24) is 14.7 Å². The first-order chi connectivity index (χ1) is 12.4. The Morgan fingerprint density at radius 2 is 2.12 bits per heavy atom. The number of aromatic nitrogens is 2. The molecule has 5 nitrogen and oxygen atoms in total. The van der Waals surface area contributed by atoms with Gasteiger partial charge in [0, 0.05) is 12.3 Å². The molecule has 0 aliphatic carbocycles. The molecule has 1 aromatic carbocycles. The fourth-order valence-electron chi connectivity index (χ4n) is 2.35. The first kappa shape index (κ1) is 21.2. The molecule has 2 aromatic rings. The van der Waals surface area contributed by atoms with Crippen LogP contribution in [0, 0.1) is 9.87 Å². The first-order valence-electron chi connectivity index (χ1n) is 8.62. The summed E-state index contributed by atoms with van der Waals surface area (Å²) < 4.78 is 14.8. The summed E-state index contributed by atoms with van der Waals surface area (Å²) in [5.41, 5.74) is 1.16. The highest BCUT2D eigenvalue weighted by Gasteiger charge is 2.10. The largest absolute Gasteiger partial charge is 0.493 e. The van der Waals surface area contributed by atoms with E-state index in [-0.39, 0.29) is 0 Å². The second kappa shape index (κ2) is 10.3.